The number of nitrogens with zero attached hydrogens (tertiary/aromatic N) is 6. The quantitative estimate of drug-likeness (QED) is 0.449. The average molecular weight is 466 g/mol. The normalized spacial score (nSPS) is 12.1. The van der Waals surface area contributed by atoms with E-state index in [1.807, 2.05) is 20.8 Å². The molecule has 33 heavy (non-hydrogen) atoms. The van der Waals surface area contributed by atoms with E-state index in [0.29, 0.717) is 33.9 Å². The van der Waals surface area contributed by atoms with Crippen molar-refractivity contribution in [3.8, 4) is 16.8 Å². The molecule has 0 bridgehead atoms. The summed E-state index contributed by atoms with van der Waals surface area (Å²) >= 11 is 5.92. The van der Waals surface area contributed by atoms with Gasteiger partial charge in [0.1, 0.15) is 5.82 Å². The summed E-state index contributed by atoms with van der Waals surface area (Å²) in [6.07, 6.45) is 4.71. The molecule has 2 heterocycles. The number of benzene rings is 2. The minimum absolute atomic E-state index is 0.0323. The van der Waals surface area contributed by atoms with E-state index in [1.165, 1.54) is 6.07 Å². The lowest BCUT2D eigenvalue weighted by Gasteiger charge is -2.15. The number of carbonyl (C=O) groups is 1. The molecule has 0 aliphatic rings. The molecule has 1 N–H and O–H groups in total. The third kappa shape index (κ3) is 4.88. The summed E-state index contributed by atoms with van der Waals surface area (Å²) in [4.78, 5) is 21.4. The number of rotatable bonds is 6. The Morgan fingerprint density at radius 1 is 1.12 bits per heavy atom. The van der Waals surface area contributed by atoms with Crippen LogP contribution in [-0.4, -0.2) is 36.1 Å². The third-order valence-corrected chi connectivity index (χ3v) is 5.29. The standard InChI is InChI=1S/C23H21ClFN7O/c1-13(2)22-29-30-31-32(22)18-9-15(19-5-4-17(24)11-20(19)25)8-16(10-18)23(33)28-14(3)21-12-26-6-7-27-21/h4-14H,1-3H3,(H,28,33). The van der Waals surface area contributed by atoms with Crippen LogP contribution in [0, 0.1) is 5.82 Å². The number of carbonyl (C=O) groups excluding carboxylic acids is 1. The molecule has 0 spiro atoms. The van der Waals surface area contributed by atoms with Crippen molar-refractivity contribution in [1.29, 1.82) is 0 Å². The minimum atomic E-state index is -0.500. The topological polar surface area (TPSA) is 98.5 Å². The molecule has 0 aliphatic carbocycles. The van der Waals surface area contributed by atoms with Gasteiger partial charge in [0.05, 0.1) is 23.6 Å². The highest BCUT2D eigenvalue weighted by atomic mass is 35.5. The van der Waals surface area contributed by atoms with Crippen LogP contribution in [0.25, 0.3) is 16.8 Å². The van der Waals surface area contributed by atoms with Gasteiger partial charge in [0, 0.05) is 34.5 Å². The molecule has 0 aliphatic heterocycles. The van der Waals surface area contributed by atoms with E-state index in [9.17, 15) is 9.18 Å². The van der Waals surface area contributed by atoms with Gasteiger partial charge in [-0.3, -0.25) is 14.8 Å². The van der Waals surface area contributed by atoms with Gasteiger partial charge in [-0.2, -0.15) is 4.68 Å². The highest BCUT2D eigenvalue weighted by Crippen LogP contribution is 2.29. The fourth-order valence-electron chi connectivity index (χ4n) is 3.37. The summed E-state index contributed by atoms with van der Waals surface area (Å²) in [6.45, 7) is 5.73. The molecular formula is C23H21ClFN7O. The van der Waals surface area contributed by atoms with Gasteiger partial charge in [0.25, 0.3) is 5.91 Å². The summed E-state index contributed by atoms with van der Waals surface area (Å²) < 4.78 is 16.3. The van der Waals surface area contributed by atoms with Gasteiger partial charge in [0.15, 0.2) is 5.82 Å². The van der Waals surface area contributed by atoms with Crippen molar-refractivity contribution in [3.63, 3.8) is 0 Å². The number of hydrogen-bond donors (Lipinski definition) is 1. The lowest BCUT2D eigenvalue weighted by Crippen LogP contribution is -2.27. The lowest BCUT2D eigenvalue weighted by molar-refractivity contribution is 0.0939. The molecule has 4 rings (SSSR count). The first-order valence-electron chi connectivity index (χ1n) is 10.3. The molecule has 4 aromatic rings. The van der Waals surface area contributed by atoms with E-state index in [2.05, 4.69) is 30.8 Å². The molecule has 8 nitrogen and oxygen atoms in total. The Balaban J connectivity index is 1.79. The minimum Gasteiger partial charge on any atom is -0.344 e. The zero-order valence-corrected chi connectivity index (χ0v) is 19.0. The van der Waals surface area contributed by atoms with E-state index in [4.69, 9.17) is 11.6 Å². The van der Waals surface area contributed by atoms with Crippen LogP contribution in [0.4, 0.5) is 4.39 Å². The Hall–Kier alpha value is -3.72. The summed E-state index contributed by atoms with van der Waals surface area (Å²) in [6, 6.07) is 9.03. The van der Waals surface area contributed by atoms with Gasteiger partial charge in [0.2, 0.25) is 0 Å². The fourth-order valence-corrected chi connectivity index (χ4v) is 3.53. The third-order valence-electron chi connectivity index (χ3n) is 5.05. The summed E-state index contributed by atoms with van der Waals surface area (Å²) in [5.41, 5.74) is 2.26. The summed E-state index contributed by atoms with van der Waals surface area (Å²) in [7, 11) is 0. The second-order valence-corrected chi connectivity index (χ2v) is 8.26. The molecular weight excluding hydrogens is 445 g/mol. The predicted molar refractivity (Wildman–Crippen MR) is 122 cm³/mol. The monoisotopic (exact) mass is 465 g/mol. The zero-order valence-electron chi connectivity index (χ0n) is 18.2. The Morgan fingerprint density at radius 2 is 1.94 bits per heavy atom. The van der Waals surface area contributed by atoms with Crippen molar-refractivity contribution in [3.05, 3.63) is 82.9 Å². The first kappa shape index (κ1) is 22.5. The van der Waals surface area contributed by atoms with Crippen molar-refractivity contribution < 1.29 is 9.18 Å². The van der Waals surface area contributed by atoms with Crippen molar-refractivity contribution in [2.24, 2.45) is 0 Å². The van der Waals surface area contributed by atoms with Gasteiger partial charge in [-0.1, -0.05) is 25.4 Å². The van der Waals surface area contributed by atoms with E-state index in [-0.39, 0.29) is 22.9 Å². The van der Waals surface area contributed by atoms with Crippen molar-refractivity contribution >= 4 is 17.5 Å². The number of aromatic nitrogens is 6. The highest BCUT2D eigenvalue weighted by Gasteiger charge is 2.19. The highest BCUT2D eigenvalue weighted by molar-refractivity contribution is 6.30. The number of nitrogens with one attached hydrogen (secondary N) is 1. The van der Waals surface area contributed by atoms with Crippen LogP contribution in [0.1, 0.15) is 54.6 Å². The van der Waals surface area contributed by atoms with Crippen LogP contribution in [0.3, 0.4) is 0 Å². The van der Waals surface area contributed by atoms with Crippen LogP contribution in [0.2, 0.25) is 5.02 Å². The van der Waals surface area contributed by atoms with Crippen LogP contribution < -0.4 is 5.32 Å². The number of hydrogen-bond acceptors (Lipinski definition) is 6. The fraction of sp³-hybridized carbons (Fsp3) is 0.217. The molecule has 168 valence electrons. The first-order valence-corrected chi connectivity index (χ1v) is 10.7. The molecule has 0 radical (unpaired) electrons. The lowest BCUT2D eigenvalue weighted by atomic mass is 10.0. The molecule has 1 unspecified atom stereocenters. The maximum absolute atomic E-state index is 14.7. The first-order chi connectivity index (χ1) is 15.8. The molecule has 0 saturated carbocycles. The van der Waals surface area contributed by atoms with Crippen LogP contribution in [0.15, 0.2) is 55.0 Å². The molecule has 0 saturated heterocycles. The van der Waals surface area contributed by atoms with Gasteiger partial charge in [-0.05, 0) is 59.3 Å². The van der Waals surface area contributed by atoms with Crippen LogP contribution in [-0.2, 0) is 0 Å². The van der Waals surface area contributed by atoms with Crippen LogP contribution >= 0.6 is 11.6 Å². The van der Waals surface area contributed by atoms with E-state index in [0.717, 1.165) is 0 Å². The van der Waals surface area contributed by atoms with E-state index in [1.54, 1.807) is 53.6 Å². The maximum atomic E-state index is 14.7. The van der Waals surface area contributed by atoms with Crippen molar-refractivity contribution in [2.45, 2.75) is 32.7 Å². The SMILES string of the molecule is CC(C)c1nnnn1-c1cc(C(=O)NC(C)c2cnccn2)cc(-c2ccc(Cl)cc2F)c1. The molecule has 10 heteroatoms. The van der Waals surface area contributed by atoms with Crippen molar-refractivity contribution in [2.75, 3.05) is 0 Å². The summed E-state index contributed by atoms with van der Waals surface area (Å²) in [5, 5.41) is 15.1. The molecule has 2 aromatic heterocycles. The molecule has 2 aromatic carbocycles. The Labute approximate surface area is 194 Å². The zero-order chi connectivity index (χ0) is 23.5. The average Bonchev–Trinajstić information content (AvgIpc) is 3.30. The van der Waals surface area contributed by atoms with Gasteiger partial charge < -0.3 is 5.32 Å². The van der Waals surface area contributed by atoms with Gasteiger partial charge >= 0.3 is 0 Å². The predicted octanol–water partition coefficient (Wildman–Crippen LogP) is 4.53. The number of tetrazole rings is 1. The smallest absolute Gasteiger partial charge is 0.251 e. The number of halogens is 2. The molecule has 0 fully saturated rings. The second kappa shape index (κ2) is 9.41. The Morgan fingerprint density at radius 3 is 2.64 bits per heavy atom. The van der Waals surface area contributed by atoms with Gasteiger partial charge in [-0.25, -0.2) is 4.39 Å². The van der Waals surface area contributed by atoms with Crippen LogP contribution in [0.5, 0.6) is 0 Å². The Bertz CT molecular complexity index is 1290. The largest absolute Gasteiger partial charge is 0.344 e. The Kier molecular flexibility index (Phi) is 6.41. The van der Waals surface area contributed by atoms with Gasteiger partial charge in [-0.15, -0.1) is 5.10 Å². The summed E-state index contributed by atoms with van der Waals surface area (Å²) in [5.74, 6) is -0.211. The number of amides is 1. The maximum Gasteiger partial charge on any atom is 0.251 e. The van der Waals surface area contributed by atoms with E-state index >= 15 is 0 Å². The second-order valence-electron chi connectivity index (χ2n) is 7.82. The molecule has 1 atom stereocenters. The van der Waals surface area contributed by atoms with Crippen molar-refractivity contribution in [1.82, 2.24) is 35.5 Å². The van der Waals surface area contributed by atoms with E-state index < -0.39 is 5.82 Å². The molecule has 1 amide bonds.